The molecule has 5 heteroatoms. The summed E-state index contributed by atoms with van der Waals surface area (Å²) < 4.78 is 9.64. The molecule has 0 heterocycles. The van der Waals surface area contributed by atoms with Gasteiger partial charge in [-0.1, -0.05) is 12.1 Å². The number of rotatable bonds is 6. The van der Waals surface area contributed by atoms with Gasteiger partial charge >= 0.3 is 11.9 Å². The Labute approximate surface area is 111 Å². The summed E-state index contributed by atoms with van der Waals surface area (Å²) in [5.74, 6) is -1.99. The van der Waals surface area contributed by atoms with Gasteiger partial charge in [-0.25, -0.2) is 4.79 Å². The zero-order valence-corrected chi connectivity index (χ0v) is 10.9. The minimum atomic E-state index is -0.962. The molecule has 1 aromatic rings. The second kappa shape index (κ2) is 7.31. The standard InChI is InChI=1S/C14H16O5/c1-3-18-13(16)11-7-5-10(6-8-11)12(9-15)14(17)19-4-2/h5-9,12H,3-4H2,1-2H3. The number of carbonyl (C=O) groups is 3. The average Bonchev–Trinajstić information content (AvgIpc) is 2.41. The first kappa shape index (κ1) is 14.9. The van der Waals surface area contributed by atoms with Gasteiger partial charge in [-0.05, 0) is 31.5 Å². The van der Waals surface area contributed by atoms with Crippen LogP contribution in [0.15, 0.2) is 24.3 Å². The molecular weight excluding hydrogens is 248 g/mol. The lowest BCUT2D eigenvalue weighted by Crippen LogP contribution is -2.17. The van der Waals surface area contributed by atoms with E-state index in [0.29, 0.717) is 24.0 Å². The van der Waals surface area contributed by atoms with Gasteiger partial charge < -0.3 is 14.3 Å². The molecule has 1 rings (SSSR count). The number of carbonyl (C=O) groups excluding carboxylic acids is 3. The molecule has 5 nitrogen and oxygen atoms in total. The van der Waals surface area contributed by atoms with E-state index in [1.54, 1.807) is 26.0 Å². The van der Waals surface area contributed by atoms with E-state index in [9.17, 15) is 14.4 Å². The number of aldehydes is 1. The molecule has 0 fully saturated rings. The van der Waals surface area contributed by atoms with Crippen molar-refractivity contribution >= 4 is 18.2 Å². The van der Waals surface area contributed by atoms with Crippen molar-refractivity contribution in [3.8, 4) is 0 Å². The molecular formula is C14H16O5. The van der Waals surface area contributed by atoms with Crippen LogP contribution in [-0.2, 0) is 19.1 Å². The highest BCUT2D eigenvalue weighted by molar-refractivity contribution is 5.95. The normalized spacial score (nSPS) is 11.5. The molecule has 1 atom stereocenters. The Hall–Kier alpha value is -2.17. The monoisotopic (exact) mass is 264 g/mol. The zero-order valence-electron chi connectivity index (χ0n) is 10.9. The molecule has 1 unspecified atom stereocenters. The van der Waals surface area contributed by atoms with E-state index in [0.717, 1.165) is 0 Å². The third-order valence-electron chi connectivity index (χ3n) is 2.46. The summed E-state index contributed by atoms with van der Waals surface area (Å²) >= 11 is 0. The summed E-state index contributed by atoms with van der Waals surface area (Å²) in [6.07, 6.45) is 0.525. The first-order valence-electron chi connectivity index (χ1n) is 6.03. The van der Waals surface area contributed by atoms with Crippen LogP contribution in [0, 0.1) is 0 Å². The first-order chi connectivity index (χ1) is 9.13. The summed E-state index contributed by atoms with van der Waals surface area (Å²) in [5.41, 5.74) is 0.862. The Morgan fingerprint density at radius 2 is 1.68 bits per heavy atom. The molecule has 0 bridgehead atoms. The van der Waals surface area contributed by atoms with Gasteiger partial charge in [0.1, 0.15) is 12.2 Å². The molecule has 0 aliphatic rings. The van der Waals surface area contributed by atoms with Crippen molar-refractivity contribution in [3.05, 3.63) is 35.4 Å². The van der Waals surface area contributed by atoms with Gasteiger partial charge in [0.15, 0.2) is 0 Å². The van der Waals surface area contributed by atoms with Crippen molar-refractivity contribution in [1.82, 2.24) is 0 Å². The topological polar surface area (TPSA) is 69.7 Å². The quantitative estimate of drug-likeness (QED) is 0.444. The van der Waals surface area contributed by atoms with E-state index in [4.69, 9.17) is 9.47 Å². The Balaban J connectivity index is 2.87. The molecule has 0 N–H and O–H groups in total. The maximum Gasteiger partial charge on any atom is 0.338 e. The van der Waals surface area contributed by atoms with E-state index < -0.39 is 17.9 Å². The molecule has 0 amide bonds. The summed E-state index contributed by atoms with van der Waals surface area (Å²) in [6.45, 7) is 3.89. The highest BCUT2D eigenvalue weighted by Gasteiger charge is 2.21. The molecule has 0 radical (unpaired) electrons. The predicted molar refractivity (Wildman–Crippen MR) is 67.8 cm³/mol. The van der Waals surface area contributed by atoms with E-state index in [2.05, 4.69) is 0 Å². The summed E-state index contributed by atoms with van der Waals surface area (Å²) in [4.78, 5) is 33.9. The van der Waals surface area contributed by atoms with Crippen LogP contribution >= 0.6 is 0 Å². The summed E-state index contributed by atoms with van der Waals surface area (Å²) in [6, 6.07) is 6.12. The van der Waals surface area contributed by atoms with Gasteiger partial charge in [-0.15, -0.1) is 0 Å². The Kier molecular flexibility index (Phi) is 5.73. The number of esters is 2. The van der Waals surface area contributed by atoms with Crippen LogP contribution in [-0.4, -0.2) is 31.4 Å². The average molecular weight is 264 g/mol. The molecule has 0 spiro atoms. The van der Waals surface area contributed by atoms with Crippen LogP contribution in [0.2, 0.25) is 0 Å². The number of benzene rings is 1. The fourth-order valence-electron chi connectivity index (χ4n) is 1.54. The molecule has 102 valence electrons. The van der Waals surface area contributed by atoms with Crippen LogP contribution in [0.4, 0.5) is 0 Å². The van der Waals surface area contributed by atoms with Crippen molar-refractivity contribution in [3.63, 3.8) is 0 Å². The highest BCUT2D eigenvalue weighted by atomic mass is 16.5. The van der Waals surface area contributed by atoms with E-state index in [-0.39, 0.29) is 6.61 Å². The minimum Gasteiger partial charge on any atom is -0.465 e. The smallest absolute Gasteiger partial charge is 0.338 e. The Bertz CT molecular complexity index is 449. The zero-order chi connectivity index (χ0) is 14.3. The fourth-order valence-corrected chi connectivity index (χ4v) is 1.54. The van der Waals surface area contributed by atoms with Crippen LogP contribution in [0.1, 0.15) is 35.7 Å². The van der Waals surface area contributed by atoms with Gasteiger partial charge in [-0.3, -0.25) is 4.79 Å². The molecule has 1 aromatic carbocycles. The third kappa shape index (κ3) is 3.91. The number of ether oxygens (including phenoxy) is 2. The van der Waals surface area contributed by atoms with Gasteiger partial charge in [0.25, 0.3) is 0 Å². The van der Waals surface area contributed by atoms with Gasteiger partial charge in [0, 0.05) is 0 Å². The van der Waals surface area contributed by atoms with Crippen molar-refractivity contribution in [2.45, 2.75) is 19.8 Å². The SMILES string of the molecule is CCOC(=O)c1ccc(C(C=O)C(=O)OCC)cc1. The predicted octanol–water partition coefficient (Wildman–Crippen LogP) is 1.71. The van der Waals surface area contributed by atoms with Crippen molar-refractivity contribution in [1.29, 1.82) is 0 Å². The molecule has 19 heavy (non-hydrogen) atoms. The van der Waals surface area contributed by atoms with Crippen LogP contribution in [0.25, 0.3) is 0 Å². The molecule has 0 aliphatic carbocycles. The Morgan fingerprint density at radius 1 is 1.11 bits per heavy atom. The lowest BCUT2D eigenvalue weighted by Gasteiger charge is -2.10. The number of hydrogen-bond donors (Lipinski definition) is 0. The van der Waals surface area contributed by atoms with Crippen molar-refractivity contribution < 1.29 is 23.9 Å². The molecule has 0 saturated carbocycles. The molecule has 0 aliphatic heterocycles. The summed E-state index contributed by atoms with van der Waals surface area (Å²) in [7, 11) is 0. The largest absolute Gasteiger partial charge is 0.465 e. The van der Waals surface area contributed by atoms with Crippen LogP contribution in [0.3, 0.4) is 0 Å². The van der Waals surface area contributed by atoms with Crippen LogP contribution < -0.4 is 0 Å². The molecule has 0 aromatic heterocycles. The van der Waals surface area contributed by atoms with Gasteiger partial charge in [-0.2, -0.15) is 0 Å². The van der Waals surface area contributed by atoms with Gasteiger partial charge in [0.05, 0.1) is 18.8 Å². The highest BCUT2D eigenvalue weighted by Crippen LogP contribution is 2.16. The molecule has 0 saturated heterocycles. The minimum absolute atomic E-state index is 0.212. The lowest BCUT2D eigenvalue weighted by molar-refractivity contribution is -0.146. The maximum atomic E-state index is 11.6. The van der Waals surface area contributed by atoms with Crippen molar-refractivity contribution in [2.75, 3.05) is 13.2 Å². The van der Waals surface area contributed by atoms with E-state index in [1.807, 2.05) is 0 Å². The van der Waals surface area contributed by atoms with E-state index >= 15 is 0 Å². The van der Waals surface area contributed by atoms with Gasteiger partial charge in [0.2, 0.25) is 0 Å². The third-order valence-corrected chi connectivity index (χ3v) is 2.46. The fraction of sp³-hybridized carbons (Fsp3) is 0.357. The van der Waals surface area contributed by atoms with Crippen LogP contribution in [0.5, 0.6) is 0 Å². The Morgan fingerprint density at radius 3 is 2.16 bits per heavy atom. The van der Waals surface area contributed by atoms with Crippen molar-refractivity contribution in [2.24, 2.45) is 0 Å². The van der Waals surface area contributed by atoms with E-state index in [1.165, 1.54) is 12.1 Å². The second-order valence-corrected chi connectivity index (χ2v) is 3.71. The number of hydrogen-bond acceptors (Lipinski definition) is 5. The first-order valence-corrected chi connectivity index (χ1v) is 6.03. The second-order valence-electron chi connectivity index (χ2n) is 3.71. The summed E-state index contributed by atoms with van der Waals surface area (Å²) in [5, 5.41) is 0. The lowest BCUT2D eigenvalue weighted by atomic mass is 9.99. The maximum absolute atomic E-state index is 11.6.